The van der Waals surface area contributed by atoms with Crippen LogP contribution in [0.1, 0.15) is 0 Å². The lowest BCUT2D eigenvalue weighted by atomic mass is 10.0. The molecular formula is C52H34N2O. The third-order valence-corrected chi connectivity index (χ3v) is 11.0. The van der Waals surface area contributed by atoms with Crippen molar-refractivity contribution >= 4 is 71.6 Å². The Kier molecular flexibility index (Phi) is 7.17. The van der Waals surface area contributed by atoms with E-state index in [2.05, 4.69) is 204 Å². The number of hydrogen-bond donors (Lipinski definition) is 0. The Morgan fingerprint density at radius 2 is 0.927 bits per heavy atom. The minimum atomic E-state index is 0.896. The van der Waals surface area contributed by atoms with Gasteiger partial charge in [-0.25, -0.2) is 0 Å². The molecule has 0 spiro atoms. The molecule has 11 rings (SSSR count). The van der Waals surface area contributed by atoms with Crippen molar-refractivity contribution < 1.29 is 4.42 Å². The van der Waals surface area contributed by atoms with E-state index in [-0.39, 0.29) is 0 Å². The van der Waals surface area contributed by atoms with E-state index in [0.717, 1.165) is 61.4 Å². The van der Waals surface area contributed by atoms with Crippen LogP contribution in [-0.2, 0) is 0 Å². The first-order chi connectivity index (χ1) is 27.3. The van der Waals surface area contributed by atoms with Gasteiger partial charge >= 0.3 is 0 Å². The molecule has 0 amide bonds. The first-order valence-electron chi connectivity index (χ1n) is 18.8. The molecule has 0 unspecified atom stereocenters. The van der Waals surface area contributed by atoms with E-state index in [0.29, 0.717) is 0 Å². The molecule has 0 aliphatic carbocycles. The number of hydrogen-bond acceptors (Lipinski definition) is 2. The molecule has 55 heavy (non-hydrogen) atoms. The third kappa shape index (κ3) is 5.20. The Balaban J connectivity index is 1.01. The van der Waals surface area contributed by atoms with Crippen LogP contribution in [0.15, 0.2) is 211 Å². The molecule has 0 aliphatic heterocycles. The Labute approximate surface area is 318 Å². The summed E-state index contributed by atoms with van der Waals surface area (Å²) >= 11 is 0. The van der Waals surface area contributed by atoms with Crippen LogP contribution in [0.3, 0.4) is 0 Å². The maximum absolute atomic E-state index is 6.28. The minimum Gasteiger partial charge on any atom is -0.456 e. The molecule has 0 bridgehead atoms. The van der Waals surface area contributed by atoms with E-state index in [9.17, 15) is 0 Å². The van der Waals surface area contributed by atoms with Crippen LogP contribution >= 0.6 is 0 Å². The quantitative estimate of drug-likeness (QED) is 0.172. The fraction of sp³-hybridized carbons (Fsp3) is 0. The fourth-order valence-corrected chi connectivity index (χ4v) is 8.39. The summed E-state index contributed by atoms with van der Waals surface area (Å²) in [6.07, 6.45) is 0. The van der Waals surface area contributed by atoms with Crippen LogP contribution in [0.2, 0.25) is 0 Å². The molecule has 0 radical (unpaired) electrons. The van der Waals surface area contributed by atoms with Crippen molar-refractivity contribution in [2.45, 2.75) is 0 Å². The zero-order valence-electron chi connectivity index (χ0n) is 29.9. The number of aromatic nitrogens is 1. The normalized spacial score (nSPS) is 11.6. The number of benzene rings is 9. The molecule has 2 heterocycles. The van der Waals surface area contributed by atoms with Gasteiger partial charge in [-0.2, -0.15) is 0 Å². The smallest absolute Gasteiger partial charge is 0.136 e. The lowest BCUT2D eigenvalue weighted by molar-refractivity contribution is 0.669. The van der Waals surface area contributed by atoms with Crippen molar-refractivity contribution in [3.05, 3.63) is 206 Å². The molecule has 0 aliphatic rings. The highest BCUT2D eigenvalue weighted by atomic mass is 16.3. The van der Waals surface area contributed by atoms with Gasteiger partial charge in [-0.15, -0.1) is 0 Å². The molecule has 258 valence electrons. The van der Waals surface area contributed by atoms with Crippen molar-refractivity contribution in [1.82, 2.24) is 4.57 Å². The summed E-state index contributed by atoms with van der Waals surface area (Å²) in [5, 5.41) is 7.20. The van der Waals surface area contributed by atoms with Gasteiger partial charge in [0.15, 0.2) is 0 Å². The van der Waals surface area contributed by atoms with Gasteiger partial charge in [0, 0.05) is 44.0 Å². The van der Waals surface area contributed by atoms with E-state index in [1.54, 1.807) is 0 Å². The van der Waals surface area contributed by atoms with Gasteiger partial charge in [0.1, 0.15) is 11.2 Å². The van der Waals surface area contributed by atoms with Crippen LogP contribution in [0.4, 0.5) is 17.1 Å². The summed E-state index contributed by atoms with van der Waals surface area (Å²) in [6, 6.07) is 74.0. The third-order valence-electron chi connectivity index (χ3n) is 11.0. The van der Waals surface area contributed by atoms with Crippen molar-refractivity contribution in [2.75, 3.05) is 4.90 Å². The van der Waals surface area contributed by atoms with Crippen LogP contribution in [0.25, 0.3) is 82.5 Å². The van der Waals surface area contributed by atoms with Crippen LogP contribution < -0.4 is 4.90 Å². The first kappa shape index (κ1) is 31.2. The largest absolute Gasteiger partial charge is 0.456 e. The summed E-state index contributed by atoms with van der Waals surface area (Å²) in [7, 11) is 0. The van der Waals surface area contributed by atoms with Crippen molar-refractivity contribution in [3.8, 4) is 27.9 Å². The predicted molar refractivity (Wildman–Crippen MR) is 231 cm³/mol. The molecule has 11 aromatic rings. The molecule has 0 saturated heterocycles. The average Bonchev–Trinajstić information content (AvgIpc) is 3.80. The molecule has 0 atom stereocenters. The molecule has 9 aromatic carbocycles. The Morgan fingerprint density at radius 3 is 1.73 bits per heavy atom. The number of fused-ring (bicyclic) bond motifs is 7. The molecule has 0 N–H and O–H groups in total. The molecule has 0 saturated carbocycles. The van der Waals surface area contributed by atoms with Gasteiger partial charge in [0.05, 0.1) is 16.7 Å². The molecular weight excluding hydrogens is 669 g/mol. The van der Waals surface area contributed by atoms with E-state index in [1.165, 1.54) is 38.1 Å². The second kappa shape index (κ2) is 12.6. The summed E-state index contributed by atoms with van der Waals surface area (Å²) in [6.45, 7) is 0. The van der Waals surface area contributed by atoms with Gasteiger partial charge in [0.2, 0.25) is 0 Å². The summed E-state index contributed by atoms with van der Waals surface area (Å²) in [4.78, 5) is 2.38. The van der Waals surface area contributed by atoms with Crippen LogP contribution in [0, 0.1) is 0 Å². The standard InChI is InChI=1S/C52H34N2O/c1-2-18-43-36(12-1)13-11-24-48(43)53(41-16-10-15-38(33-41)39-28-31-47-46-21-5-8-25-51(46)55-52(47)34-39)40-29-26-35(27-30-40)37-14-9-17-42(32-37)54-49-22-6-3-19-44(49)45-20-4-7-23-50(45)54/h1-34H. The first-order valence-corrected chi connectivity index (χ1v) is 18.8. The van der Waals surface area contributed by atoms with Crippen molar-refractivity contribution in [3.63, 3.8) is 0 Å². The molecule has 0 fully saturated rings. The highest BCUT2D eigenvalue weighted by molar-refractivity contribution is 6.09. The second-order valence-corrected chi connectivity index (χ2v) is 14.2. The molecule has 3 nitrogen and oxygen atoms in total. The lowest BCUT2D eigenvalue weighted by Gasteiger charge is -2.27. The number of para-hydroxylation sites is 3. The van der Waals surface area contributed by atoms with Gasteiger partial charge in [-0.05, 0) is 100 Å². The van der Waals surface area contributed by atoms with Crippen LogP contribution in [0.5, 0.6) is 0 Å². The highest BCUT2D eigenvalue weighted by Gasteiger charge is 2.18. The SMILES string of the molecule is c1cc(-c2ccc3c(c2)oc2ccccc23)cc(N(c2ccc(-c3cccc(-n4c5ccccc5c5ccccc54)c3)cc2)c2cccc3ccccc23)c1. The Hall–Kier alpha value is -7.36. The highest BCUT2D eigenvalue weighted by Crippen LogP contribution is 2.42. The maximum Gasteiger partial charge on any atom is 0.136 e. The van der Waals surface area contributed by atoms with E-state index >= 15 is 0 Å². The van der Waals surface area contributed by atoms with E-state index in [4.69, 9.17) is 4.42 Å². The van der Waals surface area contributed by atoms with Gasteiger partial charge < -0.3 is 13.9 Å². The summed E-state index contributed by atoms with van der Waals surface area (Å²) in [5.41, 5.74) is 13.3. The van der Waals surface area contributed by atoms with Crippen molar-refractivity contribution in [1.29, 1.82) is 0 Å². The topological polar surface area (TPSA) is 21.3 Å². The Morgan fingerprint density at radius 1 is 0.345 bits per heavy atom. The monoisotopic (exact) mass is 702 g/mol. The van der Waals surface area contributed by atoms with Gasteiger partial charge in [0.25, 0.3) is 0 Å². The molecule has 2 aromatic heterocycles. The second-order valence-electron chi connectivity index (χ2n) is 14.2. The maximum atomic E-state index is 6.28. The number of rotatable bonds is 6. The predicted octanol–water partition coefficient (Wildman–Crippen LogP) is 14.6. The van der Waals surface area contributed by atoms with Crippen LogP contribution in [-0.4, -0.2) is 4.57 Å². The summed E-state index contributed by atoms with van der Waals surface area (Å²) in [5.74, 6) is 0. The zero-order chi connectivity index (χ0) is 36.3. The summed E-state index contributed by atoms with van der Waals surface area (Å²) < 4.78 is 8.66. The zero-order valence-corrected chi connectivity index (χ0v) is 29.9. The average molecular weight is 703 g/mol. The number of nitrogens with zero attached hydrogens (tertiary/aromatic N) is 2. The number of anilines is 3. The molecule has 3 heteroatoms. The van der Waals surface area contributed by atoms with E-state index in [1.807, 2.05) is 12.1 Å². The fourth-order valence-electron chi connectivity index (χ4n) is 8.39. The van der Waals surface area contributed by atoms with Gasteiger partial charge in [-0.1, -0.05) is 133 Å². The van der Waals surface area contributed by atoms with Crippen molar-refractivity contribution in [2.24, 2.45) is 0 Å². The number of furan rings is 1. The van der Waals surface area contributed by atoms with E-state index < -0.39 is 0 Å². The van der Waals surface area contributed by atoms with Gasteiger partial charge in [-0.3, -0.25) is 0 Å². The minimum absolute atomic E-state index is 0.896. The lowest BCUT2D eigenvalue weighted by Crippen LogP contribution is -2.10. The Bertz CT molecular complexity index is 3160.